The molecule has 0 saturated heterocycles. The van der Waals surface area contributed by atoms with E-state index in [-0.39, 0.29) is 12.3 Å². The van der Waals surface area contributed by atoms with E-state index in [4.69, 9.17) is 15.9 Å². The van der Waals surface area contributed by atoms with Gasteiger partial charge in [0.05, 0.1) is 5.69 Å². The first-order chi connectivity index (χ1) is 8.70. The van der Waals surface area contributed by atoms with Crippen LogP contribution in [0.1, 0.15) is 41.9 Å². The molecule has 7 nitrogen and oxygen atoms in total. The Hall–Kier alpha value is -1.47. The Labute approximate surface area is 106 Å². The number of carbonyl (C=O) groups is 1. The maximum Gasteiger partial charge on any atom is 0.358 e. The van der Waals surface area contributed by atoms with Crippen LogP contribution in [-0.2, 0) is 13.0 Å². The molecule has 1 aromatic rings. The van der Waals surface area contributed by atoms with Crippen molar-refractivity contribution in [3.63, 3.8) is 0 Å². The molecule has 7 heteroatoms. The molecule has 0 spiro atoms. The Morgan fingerprint density at radius 2 is 2.00 bits per heavy atom. The lowest BCUT2D eigenvalue weighted by atomic mass is 10.2. The highest BCUT2D eigenvalue weighted by Gasteiger charge is 2.17. The van der Waals surface area contributed by atoms with E-state index in [1.165, 1.54) is 0 Å². The van der Waals surface area contributed by atoms with Crippen LogP contribution in [0, 0.1) is 0 Å². The van der Waals surface area contributed by atoms with E-state index in [1.54, 1.807) is 4.68 Å². The Balaban J connectivity index is 2.56. The summed E-state index contributed by atoms with van der Waals surface area (Å²) < 4.78 is 1.62. The molecule has 0 aliphatic heterocycles. The van der Waals surface area contributed by atoms with Crippen LogP contribution in [0.2, 0.25) is 0 Å². The van der Waals surface area contributed by atoms with Gasteiger partial charge in [0.2, 0.25) is 0 Å². The highest BCUT2D eigenvalue weighted by atomic mass is 16.4. The molecule has 0 radical (unpaired) electrons. The molecule has 1 aromatic heterocycles. The first-order valence-electron chi connectivity index (χ1n) is 6.17. The topological polar surface area (TPSA) is 114 Å². The van der Waals surface area contributed by atoms with E-state index >= 15 is 0 Å². The van der Waals surface area contributed by atoms with Gasteiger partial charge in [-0.2, -0.15) is 0 Å². The maximum atomic E-state index is 10.9. The first-order valence-corrected chi connectivity index (χ1v) is 6.17. The van der Waals surface area contributed by atoms with Gasteiger partial charge in [-0.05, 0) is 19.4 Å². The molecule has 0 fully saturated rings. The number of carboxylic acid groups (broad SMARTS) is 1. The molecule has 0 saturated carbocycles. The smallest absolute Gasteiger partial charge is 0.358 e. The predicted octanol–water partition coefficient (Wildman–Crippen LogP) is 0.0302. The molecule has 0 unspecified atom stereocenters. The molecule has 4 N–H and O–H groups in total. The minimum Gasteiger partial charge on any atom is -0.476 e. The van der Waals surface area contributed by atoms with Gasteiger partial charge in [0, 0.05) is 19.6 Å². The highest BCUT2D eigenvalue weighted by Crippen LogP contribution is 2.09. The molecule has 102 valence electrons. The second kappa shape index (κ2) is 7.78. The van der Waals surface area contributed by atoms with Crippen LogP contribution in [0.15, 0.2) is 0 Å². The van der Waals surface area contributed by atoms with E-state index in [0.717, 1.165) is 25.7 Å². The molecule has 0 aliphatic carbocycles. The second-order valence-electron chi connectivity index (χ2n) is 4.09. The minimum atomic E-state index is -1.06. The number of aryl methyl sites for hydroxylation is 1. The molecule has 0 atom stereocenters. The lowest BCUT2D eigenvalue weighted by molar-refractivity contribution is 0.0689. The van der Waals surface area contributed by atoms with Gasteiger partial charge >= 0.3 is 5.97 Å². The summed E-state index contributed by atoms with van der Waals surface area (Å²) in [5, 5.41) is 25.1. The summed E-state index contributed by atoms with van der Waals surface area (Å²) in [5.41, 5.74) is 6.05. The van der Waals surface area contributed by atoms with Crippen molar-refractivity contribution in [2.45, 2.75) is 38.6 Å². The van der Waals surface area contributed by atoms with Gasteiger partial charge in [-0.1, -0.05) is 18.1 Å². The fourth-order valence-electron chi connectivity index (χ4n) is 1.79. The van der Waals surface area contributed by atoms with Crippen molar-refractivity contribution in [2.24, 2.45) is 5.73 Å². The largest absolute Gasteiger partial charge is 0.476 e. The van der Waals surface area contributed by atoms with Gasteiger partial charge in [-0.3, -0.25) is 0 Å². The van der Waals surface area contributed by atoms with Crippen molar-refractivity contribution in [1.29, 1.82) is 0 Å². The average Bonchev–Trinajstić information content (AvgIpc) is 2.73. The summed E-state index contributed by atoms with van der Waals surface area (Å²) in [6.07, 6.45) is 4.09. The van der Waals surface area contributed by atoms with Gasteiger partial charge in [0.15, 0.2) is 5.69 Å². The van der Waals surface area contributed by atoms with Crippen LogP contribution in [-0.4, -0.2) is 44.3 Å². The molecule has 1 rings (SSSR count). The van der Waals surface area contributed by atoms with E-state index in [1.807, 2.05) is 0 Å². The van der Waals surface area contributed by atoms with E-state index < -0.39 is 5.97 Å². The number of hydrogen-bond donors (Lipinski definition) is 3. The summed E-state index contributed by atoms with van der Waals surface area (Å²) in [7, 11) is 0. The fourth-order valence-corrected chi connectivity index (χ4v) is 1.79. The van der Waals surface area contributed by atoms with Gasteiger partial charge in [-0.25, -0.2) is 9.48 Å². The maximum absolute atomic E-state index is 10.9. The van der Waals surface area contributed by atoms with E-state index in [9.17, 15) is 4.79 Å². The quantitative estimate of drug-likeness (QED) is 0.537. The highest BCUT2D eigenvalue weighted by molar-refractivity contribution is 5.86. The summed E-state index contributed by atoms with van der Waals surface area (Å²) >= 11 is 0. The van der Waals surface area contributed by atoms with Crippen molar-refractivity contribution in [2.75, 3.05) is 13.2 Å². The Morgan fingerprint density at radius 1 is 1.28 bits per heavy atom. The lowest BCUT2D eigenvalue weighted by Crippen LogP contribution is -2.13. The van der Waals surface area contributed by atoms with Crippen molar-refractivity contribution >= 4 is 5.97 Å². The van der Waals surface area contributed by atoms with Gasteiger partial charge in [-0.15, -0.1) is 5.10 Å². The number of nitrogens with two attached hydrogens (primary N) is 1. The van der Waals surface area contributed by atoms with Crippen molar-refractivity contribution in [1.82, 2.24) is 15.0 Å². The zero-order valence-corrected chi connectivity index (χ0v) is 10.4. The summed E-state index contributed by atoms with van der Waals surface area (Å²) in [4.78, 5) is 10.9. The fraction of sp³-hybridized carbons (Fsp3) is 0.727. The van der Waals surface area contributed by atoms with Crippen molar-refractivity contribution in [3.05, 3.63) is 11.4 Å². The van der Waals surface area contributed by atoms with E-state index in [2.05, 4.69) is 10.3 Å². The number of unbranched alkanes of at least 4 members (excludes halogenated alkanes) is 3. The van der Waals surface area contributed by atoms with Crippen LogP contribution >= 0.6 is 0 Å². The molecular weight excluding hydrogens is 236 g/mol. The normalized spacial score (nSPS) is 10.8. The van der Waals surface area contributed by atoms with Crippen molar-refractivity contribution < 1.29 is 15.0 Å². The van der Waals surface area contributed by atoms with Crippen LogP contribution in [0.4, 0.5) is 0 Å². The lowest BCUT2D eigenvalue weighted by Gasteiger charge is -2.05. The van der Waals surface area contributed by atoms with Gasteiger partial charge in [0.25, 0.3) is 0 Å². The predicted molar refractivity (Wildman–Crippen MR) is 65.3 cm³/mol. The molecule has 1 heterocycles. The molecule has 0 aliphatic rings. The monoisotopic (exact) mass is 256 g/mol. The second-order valence-corrected chi connectivity index (χ2v) is 4.09. The summed E-state index contributed by atoms with van der Waals surface area (Å²) in [6.45, 7) is 1.23. The Bertz CT molecular complexity index is 378. The standard InChI is InChI=1S/C11H20N4O3/c12-6-5-9-10(11(17)18)13-14-15(9)7-3-1-2-4-8-16/h16H,1-8,12H2,(H,17,18). The molecular formula is C11H20N4O3. The average molecular weight is 256 g/mol. The number of rotatable bonds is 9. The number of aromatic nitrogens is 3. The Morgan fingerprint density at radius 3 is 2.61 bits per heavy atom. The third-order valence-electron chi connectivity index (χ3n) is 2.70. The molecule has 0 bridgehead atoms. The zero-order valence-electron chi connectivity index (χ0n) is 10.4. The van der Waals surface area contributed by atoms with Crippen LogP contribution in [0.3, 0.4) is 0 Å². The SMILES string of the molecule is NCCc1c(C(=O)O)nnn1CCCCCCO. The molecule has 0 amide bonds. The van der Waals surface area contributed by atoms with Crippen molar-refractivity contribution in [3.8, 4) is 0 Å². The number of aliphatic hydroxyl groups excluding tert-OH is 1. The number of hydrogen-bond acceptors (Lipinski definition) is 5. The number of aromatic carboxylic acids is 1. The van der Waals surface area contributed by atoms with E-state index in [0.29, 0.717) is 25.2 Å². The number of carboxylic acids is 1. The molecule has 0 aromatic carbocycles. The minimum absolute atomic E-state index is 0.00388. The summed E-state index contributed by atoms with van der Waals surface area (Å²) in [6, 6.07) is 0. The molecule has 18 heavy (non-hydrogen) atoms. The van der Waals surface area contributed by atoms with Gasteiger partial charge < -0.3 is 15.9 Å². The Kier molecular flexibility index (Phi) is 6.31. The third-order valence-corrected chi connectivity index (χ3v) is 2.70. The first kappa shape index (κ1) is 14.6. The number of aliphatic hydroxyl groups is 1. The third kappa shape index (κ3) is 4.08. The van der Waals surface area contributed by atoms with Crippen LogP contribution in [0.25, 0.3) is 0 Å². The van der Waals surface area contributed by atoms with Crippen LogP contribution in [0.5, 0.6) is 0 Å². The summed E-state index contributed by atoms with van der Waals surface area (Å²) in [5.74, 6) is -1.06. The van der Waals surface area contributed by atoms with Crippen LogP contribution < -0.4 is 5.73 Å². The van der Waals surface area contributed by atoms with Gasteiger partial charge in [0.1, 0.15) is 0 Å². The zero-order chi connectivity index (χ0) is 13.4. The number of nitrogens with zero attached hydrogens (tertiary/aromatic N) is 3.